The van der Waals surface area contributed by atoms with Gasteiger partial charge in [0.25, 0.3) is 0 Å². The zero-order chi connectivity index (χ0) is 15.5. The zero-order valence-corrected chi connectivity index (χ0v) is 13.0. The zero-order valence-electron chi connectivity index (χ0n) is 13.0. The van der Waals surface area contributed by atoms with E-state index in [0.29, 0.717) is 23.6 Å². The number of H-pyrrole nitrogens is 1. The van der Waals surface area contributed by atoms with E-state index in [1.54, 1.807) is 20.0 Å². The highest BCUT2D eigenvalue weighted by atomic mass is 16.5. The summed E-state index contributed by atoms with van der Waals surface area (Å²) in [4.78, 5) is 27.6. The van der Waals surface area contributed by atoms with Gasteiger partial charge >= 0.3 is 5.97 Å². The van der Waals surface area contributed by atoms with Crippen LogP contribution in [0.2, 0.25) is 0 Å². The summed E-state index contributed by atoms with van der Waals surface area (Å²) in [6.45, 7) is 5.94. The molecule has 0 aliphatic heterocycles. The van der Waals surface area contributed by atoms with E-state index in [1.807, 2.05) is 0 Å². The average molecular weight is 292 g/mol. The molecular weight excluding hydrogens is 268 g/mol. The van der Waals surface area contributed by atoms with E-state index in [1.165, 1.54) is 0 Å². The molecule has 1 saturated carbocycles. The maximum absolute atomic E-state index is 12.6. The molecule has 2 rings (SSSR count). The number of carbonyl (C=O) groups is 2. The van der Waals surface area contributed by atoms with E-state index in [4.69, 9.17) is 4.74 Å². The molecule has 0 atom stereocenters. The number of rotatable bonds is 5. The number of amides is 1. The third kappa shape index (κ3) is 2.96. The quantitative estimate of drug-likeness (QED) is 0.817. The number of hydrogen-bond acceptors (Lipinski definition) is 3. The van der Waals surface area contributed by atoms with Gasteiger partial charge < -0.3 is 15.0 Å². The van der Waals surface area contributed by atoms with Gasteiger partial charge in [0.15, 0.2) is 0 Å². The Kier molecular flexibility index (Phi) is 4.70. The number of ether oxygens (including phenoxy) is 1. The number of anilines is 1. The van der Waals surface area contributed by atoms with Crippen molar-refractivity contribution in [1.82, 2.24) is 4.98 Å². The largest absolute Gasteiger partial charge is 0.462 e. The molecule has 1 aromatic rings. The number of nitrogens with one attached hydrogen (secondary N) is 2. The van der Waals surface area contributed by atoms with Crippen LogP contribution in [0.5, 0.6) is 0 Å². The normalized spacial score (nSPS) is 16.7. The Balaban J connectivity index is 2.20. The Morgan fingerprint density at radius 1 is 1.33 bits per heavy atom. The average Bonchev–Trinajstić information content (AvgIpc) is 3.07. The molecule has 1 aromatic heterocycles. The van der Waals surface area contributed by atoms with Gasteiger partial charge in [-0.1, -0.05) is 19.8 Å². The van der Waals surface area contributed by atoms with Gasteiger partial charge in [0, 0.05) is 17.3 Å². The number of aromatic nitrogens is 1. The van der Waals surface area contributed by atoms with Gasteiger partial charge in [0.1, 0.15) is 5.56 Å². The predicted octanol–water partition coefficient (Wildman–Crippen LogP) is 3.41. The summed E-state index contributed by atoms with van der Waals surface area (Å²) >= 11 is 0. The Hall–Kier alpha value is -1.78. The topological polar surface area (TPSA) is 71.2 Å². The van der Waals surface area contributed by atoms with E-state index in [9.17, 15) is 9.59 Å². The standard InChI is InChI=1S/C16H24N2O3/c1-4-16(8-6-7-9-16)15(20)18-12-10-17-11(3)13(12)14(19)21-5-2/h10,17H,4-9H2,1-3H3,(H,18,20). The number of aromatic amines is 1. The fraction of sp³-hybridized carbons (Fsp3) is 0.625. The van der Waals surface area contributed by atoms with Crippen molar-refractivity contribution >= 4 is 17.6 Å². The first-order valence-corrected chi connectivity index (χ1v) is 7.70. The molecule has 1 heterocycles. The van der Waals surface area contributed by atoms with Crippen molar-refractivity contribution in [1.29, 1.82) is 0 Å². The van der Waals surface area contributed by atoms with Crippen LogP contribution >= 0.6 is 0 Å². The van der Waals surface area contributed by atoms with Crippen LogP contribution in [0.3, 0.4) is 0 Å². The van der Waals surface area contributed by atoms with E-state index in [2.05, 4.69) is 17.2 Å². The maximum atomic E-state index is 12.6. The summed E-state index contributed by atoms with van der Waals surface area (Å²) in [6.07, 6.45) is 6.53. The van der Waals surface area contributed by atoms with E-state index in [0.717, 1.165) is 32.1 Å². The van der Waals surface area contributed by atoms with E-state index >= 15 is 0 Å². The van der Waals surface area contributed by atoms with Crippen molar-refractivity contribution in [2.24, 2.45) is 5.41 Å². The van der Waals surface area contributed by atoms with Crippen molar-refractivity contribution in [2.45, 2.75) is 52.9 Å². The molecule has 0 radical (unpaired) electrons. The first-order valence-electron chi connectivity index (χ1n) is 7.70. The van der Waals surface area contributed by atoms with Crippen molar-refractivity contribution in [3.8, 4) is 0 Å². The fourth-order valence-electron chi connectivity index (χ4n) is 3.14. The molecule has 2 N–H and O–H groups in total. The number of aryl methyl sites for hydroxylation is 1. The molecule has 0 spiro atoms. The third-order valence-electron chi connectivity index (χ3n) is 4.52. The van der Waals surface area contributed by atoms with Crippen molar-refractivity contribution in [2.75, 3.05) is 11.9 Å². The number of hydrogen-bond donors (Lipinski definition) is 2. The van der Waals surface area contributed by atoms with Gasteiger partial charge in [0.2, 0.25) is 5.91 Å². The summed E-state index contributed by atoms with van der Waals surface area (Å²) in [5.41, 5.74) is 1.38. The van der Waals surface area contributed by atoms with Gasteiger partial charge in [-0.15, -0.1) is 0 Å². The van der Waals surface area contributed by atoms with Crippen LogP contribution < -0.4 is 5.32 Å². The summed E-state index contributed by atoms with van der Waals surface area (Å²) in [6, 6.07) is 0. The van der Waals surface area contributed by atoms with Crippen molar-refractivity contribution < 1.29 is 14.3 Å². The first-order chi connectivity index (χ1) is 10.0. The Bertz CT molecular complexity index is 528. The third-order valence-corrected chi connectivity index (χ3v) is 4.52. The summed E-state index contributed by atoms with van der Waals surface area (Å²) < 4.78 is 5.06. The Labute approximate surface area is 125 Å². The fourth-order valence-corrected chi connectivity index (χ4v) is 3.14. The van der Waals surface area contributed by atoms with E-state index < -0.39 is 5.97 Å². The summed E-state index contributed by atoms with van der Waals surface area (Å²) in [5.74, 6) is -0.379. The molecule has 1 aliphatic rings. The minimum absolute atomic E-state index is 0.0204. The molecule has 0 bridgehead atoms. The van der Waals surface area contributed by atoms with Crippen LogP contribution in [0.15, 0.2) is 6.20 Å². The minimum atomic E-state index is -0.400. The predicted molar refractivity (Wildman–Crippen MR) is 81.3 cm³/mol. The molecular formula is C16H24N2O3. The second-order valence-corrected chi connectivity index (χ2v) is 5.72. The molecule has 1 aliphatic carbocycles. The molecule has 1 fully saturated rings. The lowest BCUT2D eigenvalue weighted by atomic mass is 9.82. The number of carbonyl (C=O) groups excluding carboxylic acids is 2. The highest BCUT2D eigenvalue weighted by Crippen LogP contribution is 2.42. The highest BCUT2D eigenvalue weighted by molar-refractivity contribution is 6.03. The number of esters is 1. The van der Waals surface area contributed by atoms with Crippen LogP contribution in [0.25, 0.3) is 0 Å². The van der Waals surface area contributed by atoms with Crippen LogP contribution in [-0.4, -0.2) is 23.5 Å². The van der Waals surface area contributed by atoms with Crippen LogP contribution in [-0.2, 0) is 9.53 Å². The van der Waals surface area contributed by atoms with E-state index in [-0.39, 0.29) is 11.3 Å². The molecule has 0 unspecified atom stereocenters. The lowest BCUT2D eigenvalue weighted by molar-refractivity contribution is -0.125. The van der Waals surface area contributed by atoms with Crippen LogP contribution in [0.1, 0.15) is 62.0 Å². The second-order valence-electron chi connectivity index (χ2n) is 5.72. The van der Waals surface area contributed by atoms with Crippen LogP contribution in [0.4, 0.5) is 5.69 Å². The van der Waals surface area contributed by atoms with Gasteiger partial charge in [-0.2, -0.15) is 0 Å². The van der Waals surface area contributed by atoms with Gasteiger partial charge in [-0.25, -0.2) is 4.79 Å². The van der Waals surface area contributed by atoms with Crippen molar-refractivity contribution in [3.63, 3.8) is 0 Å². The summed E-state index contributed by atoms with van der Waals surface area (Å²) in [7, 11) is 0. The van der Waals surface area contributed by atoms with Gasteiger partial charge in [-0.05, 0) is 33.1 Å². The molecule has 21 heavy (non-hydrogen) atoms. The van der Waals surface area contributed by atoms with Crippen LogP contribution in [0, 0.1) is 12.3 Å². The van der Waals surface area contributed by atoms with Gasteiger partial charge in [-0.3, -0.25) is 4.79 Å². The first kappa shape index (κ1) is 15.6. The van der Waals surface area contributed by atoms with Gasteiger partial charge in [0.05, 0.1) is 12.3 Å². The molecule has 116 valence electrons. The summed E-state index contributed by atoms with van der Waals surface area (Å²) in [5, 5.41) is 2.93. The SMILES string of the molecule is CCOC(=O)c1c(NC(=O)C2(CC)CCCC2)c[nH]c1C. The monoisotopic (exact) mass is 292 g/mol. The second kappa shape index (κ2) is 6.33. The Morgan fingerprint density at radius 3 is 2.57 bits per heavy atom. The highest BCUT2D eigenvalue weighted by Gasteiger charge is 2.39. The lowest BCUT2D eigenvalue weighted by Gasteiger charge is -2.25. The lowest BCUT2D eigenvalue weighted by Crippen LogP contribution is -2.33. The molecule has 1 amide bonds. The van der Waals surface area contributed by atoms with Crippen molar-refractivity contribution in [3.05, 3.63) is 17.5 Å². The maximum Gasteiger partial charge on any atom is 0.342 e. The smallest absolute Gasteiger partial charge is 0.342 e. The molecule has 5 heteroatoms. The minimum Gasteiger partial charge on any atom is -0.462 e. The Morgan fingerprint density at radius 2 is 2.00 bits per heavy atom. The molecule has 5 nitrogen and oxygen atoms in total. The molecule has 0 aromatic carbocycles. The molecule has 0 saturated heterocycles.